The molecule has 4 aromatic carbocycles. The predicted molar refractivity (Wildman–Crippen MR) is 398 cm³/mol. The summed E-state index contributed by atoms with van der Waals surface area (Å²) in [6, 6.07) is 23.0. The van der Waals surface area contributed by atoms with Gasteiger partial charge in [-0.05, 0) is 130 Å². The smallest absolute Gasteiger partial charge is 0.240 e. The second-order valence-electron chi connectivity index (χ2n) is 26.9. The maximum absolute atomic E-state index is 15.3. The summed E-state index contributed by atoms with van der Waals surface area (Å²) in [5.41, 5.74) is 40.5. The van der Waals surface area contributed by atoms with Crippen LogP contribution in [0.25, 0.3) is 10.8 Å². The number of primary amides is 2. The fourth-order valence-corrected chi connectivity index (χ4v) is 11.8. The molecule has 0 spiro atoms. The average Bonchev–Trinajstić information content (AvgIpc) is 0.828. The minimum absolute atomic E-state index is 0.00393. The lowest BCUT2D eigenvalue weighted by Gasteiger charge is -2.30. The van der Waals surface area contributed by atoms with E-state index < -0.39 is 139 Å². The van der Waals surface area contributed by atoms with Gasteiger partial charge in [-0.2, -0.15) is 0 Å². The molecule has 0 heterocycles. The number of phenolic OH excluding ortho intramolecular Hbond substituents is 1. The standard InChI is InChI=1S/C76H111N13O16/c1-49(2)37-58(72(99)86-63(40-51-15-6-5-7-16-51)67(94)44-57(20-13-30-85-76(82)83)74(101)89(4)50(3)66(93)43-56(19-12-29-84-75(80)81)71(98)88-65(70(79)97)46-69(78)96)45-68(95)64(41-53-22-25-54-17-8-9-18-55(54)39-53)87-73(100)59(38-52-23-26-60(90)27-24-52)42-62(92)48-105-47-61(91)21-10-11-31-102-33-35-104-36-34-103-32-14-28-77/h5-9,15-18,22-27,39,49-50,56-59,63-65,90H,10-14,19-21,28-38,40-48,77H2,1-4H3,(H2,78,96)(H2,79,97)(H,86,99)(H,87,100)(H,88,98)(H4,80,81,84)(H4,82,83,85)/t50-,56+,57+,58+,59+,63-,64-,65-/m0/s1. The topological polar surface area (TPSA) is 491 Å². The lowest BCUT2D eigenvalue weighted by atomic mass is 9.86. The van der Waals surface area contributed by atoms with Gasteiger partial charge in [-0.25, -0.2) is 0 Å². The van der Waals surface area contributed by atoms with Crippen LogP contribution in [-0.2, 0) is 90.9 Å². The molecule has 0 aliphatic heterocycles. The lowest BCUT2D eigenvalue weighted by Crippen LogP contribution is -2.50. The number of benzene rings is 4. The Kier molecular flexibility index (Phi) is 40.6. The Morgan fingerprint density at radius 1 is 0.476 bits per heavy atom. The van der Waals surface area contributed by atoms with Crippen LogP contribution in [0, 0.1) is 29.6 Å². The van der Waals surface area contributed by atoms with Gasteiger partial charge < -0.3 is 85.0 Å². The number of guanidine groups is 2. The normalized spacial score (nSPS) is 13.5. The number of nitrogens with two attached hydrogens (primary N) is 7. The van der Waals surface area contributed by atoms with Crippen LogP contribution in [0.2, 0.25) is 0 Å². The zero-order chi connectivity index (χ0) is 77.2. The van der Waals surface area contributed by atoms with E-state index in [1.54, 1.807) is 42.5 Å². The molecular formula is C76H111N13O16. The van der Waals surface area contributed by atoms with Gasteiger partial charge in [0, 0.05) is 89.1 Å². The molecule has 0 bridgehead atoms. The van der Waals surface area contributed by atoms with Crippen molar-refractivity contribution >= 4 is 87.1 Å². The highest BCUT2D eigenvalue weighted by atomic mass is 16.5. The Morgan fingerprint density at radius 3 is 1.55 bits per heavy atom. The molecule has 0 aliphatic rings. The zero-order valence-corrected chi connectivity index (χ0v) is 61.2. The minimum atomic E-state index is -1.48. The van der Waals surface area contributed by atoms with Gasteiger partial charge >= 0.3 is 0 Å². The van der Waals surface area contributed by atoms with Gasteiger partial charge in [0.15, 0.2) is 40.8 Å². The van der Waals surface area contributed by atoms with E-state index in [0.717, 1.165) is 22.1 Å². The Bertz CT molecular complexity index is 3490. The number of rotatable bonds is 56. The number of ether oxygens (including phenoxy) is 4. The first-order chi connectivity index (χ1) is 50.1. The molecule has 18 N–H and O–H groups in total. The summed E-state index contributed by atoms with van der Waals surface area (Å²) in [5, 5.41) is 20.3. The molecular weight excluding hydrogens is 1350 g/mol. The first-order valence-corrected chi connectivity index (χ1v) is 35.9. The van der Waals surface area contributed by atoms with Gasteiger partial charge in [0.2, 0.25) is 35.4 Å². The maximum Gasteiger partial charge on any atom is 0.240 e. The highest BCUT2D eigenvalue weighted by Crippen LogP contribution is 2.26. The Morgan fingerprint density at radius 2 is 0.971 bits per heavy atom. The monoisotopic (exact) mass is 1460 g/mol. The summed E-state index contributed by atoms with van der Waals surface area (Å²) in [4.78, 5) is 163. The van der Waals surface area contributed by atoms with Crippen LogP contribution in [0.1, 0.15) is 127 Å². The van der Waals surface area contributed by atoms with E-state index in [4.69, 9.17) is 59.1 Å². The van der Waals surface area contributed by atoms with Gasteiger partial charge in [-0.1, -0.05) is 98.8 Å². The maximum atomic E-state index is 15.3. The van der Waals surface area contributed by atoms with E-state index in [1.807, 2.05) is 56.3 Å². The van der Waals surface area contributed by atoms with Gasteiger partial charge in [-0.15, -0.1) is 0 Å². The molecule has 4 rings (SSSR count). The van der Waals surface area contributed by atoms with Gasteiger partial charge in [-0.3, -0.25) is 62.7 Å². The van der Waals surface area contributed by atoms with Crippen LogP contribution in [0.5, 0.6) is 5.75 Å². The van der Waals surface area contributed by atoms with Gasteiger partial charge in [0.1, 0.15) is 25.0 Å². The number of likely N-dealkylation sites (N-methyl/N-ethyl adjacent to an activating group) is 1. The number of nitrogens with one attached hydrogen (secondary N) is 3. The number of carbonyl (C=O) groups excluding carboxylic acids is 11. The van der Waals surface area contributed by atoms with E-state index in [0.29, 0.717) is 75.7 Å². The molecule has 29 heteroatoms. The number of aromatic hydroxyl groups is 1. The average molecular weight is 1460 g/mol. The molecule has 0 fully saturated rings. The van der Waals surface area contributed by atoms with E-state index in [9.17, 15) is 43.5 Å². The van der Waals surface area contributed by atoms with E-state index in [2.05, 4.69) is 25.9 Å². The molecule has 29 nitrogen and oxygen atoms in total. The Balaban J connectivity index is 1.60. The van der Waals surface area contributed by atoms with Gasteiger partial charge in [0.05, 0.1) is 51.0 Å². The molecule has 6 amide bonds. The van der Waals surface area contributed by atoms with Crippen molar-refractivity contribution in [2.24, 2.45) is 79.7 Å². The minimum Gasteiger partial charge on any atom is -0.508 e. The number of carbonyl (C=O) groups is 11. The third-order valence-electron chi connectivity index (χ3n) is 17.6. The van der Waals surface area contributed by atoms with Crippen LogP contribution in [0.15, 0.2) is 107 Å². The molecule has 0 radical (unpaired) electrons. The number of nitrogens with zero attached hydrogens (tertiary/aromatic N) is 3. The molecule has 105 heavy (non-hydrogen) atoms. The lowest BCUT2D eigenvalue weighted by molar-refractivity contribution is -0.143. The number of ketones is 5. The first-order valence-electron chi connectivity index (χ1n) is 35.9. The molecule has 8 atom stereocenters. The quantitative estimate of drug-likeness (QED) is 0.0172. The highest BCUT2D eigenvalue weighted by Gasteiger charge is 2.37. The van der Waals surface area contributed by atoms with Crippen molar-refractivity contribution in [3.8, 4) is 5.75 Å². The van der Waals surface area contributed by atoms with Crippen LogP contribution in [0.4, 0.5) is 0 Å². The van der Waals surface area contributed by atoms with Crippen LogP contribution in [-0.4, -0.2) is 190 Å². The fourth-order valence-electron chi connectivity index (χ4n) is 11.8. The molecule has 0 saturated carbocycles. The molecule has 0 unspecified atom stereocenters. The number of unbranched alkanes of at least 4 members (excludes halogenated alkanes) is 1. The largest absolute Gasteiger partial charge is 0.508 e. The second kappa shape index (κ2) is 48.5. The van der Waals surface area contributed by atoms with Crippen LogP contribution < -0.4 is 56.1 Å². The molecule has 0 aliphatic carbocycles. The SMILES string of the molecule is CC(C)C[C@H](CC(=O)[C@H](Cc1ccc2ccccc2c1)NC(=O)[C@@H](CC(=O)COCC(=O)CCCCOCCOCCOCCCN)Cc1ccc(O)cc1)C(=O)N[C@@H](Cc1ccccc1)C(=O)C[C@@H](CCCN=C(N)N)C(=O)N(C)[C@@H](C)C(=O)C[C@@H](CCCN=C(N)N)C(=O)N[C@@H](CC(N)=O)C(N)=O. The third kappa shape index (κ3) is 35.2. The summed E-state index contributed by atoms with van der Waals surface area (Å²) >= 11 is 0. The zero-order valence-electron chi connectivity index (χ0n) is 61.2. The number of hydrogen-bond donors (Lipinski definition) is 11. The van der Waals surface area contributed by atoms with Crippen molar-refractivity contribution in [1.29, 1.82) is 0 Å². The number of phenols is 1. The molecule has 576 valence electrons. The van der Waals surface area contributed by atoms with Crippen molar-refractivity contribution < 1.29 is 76.8 Å². The summed E-state index contributed by atoms with van der Waals surface area (Å²) in [5.74, 6) is -12.1. The highest BCUT2D eigenvalue weighted by molar-refractivity contribution is 5.98. The van der Waals surface area contributed by atoms with Crippen LogP contribution in [0.3, 0.4) is 0 Å². The summed E-state index contributed by atoms with van der Waals surface area (Å²) < 4.78 is 22.1. The first kappa shape index (κ1) is 87.9. The third-order valence-corrected chi connectivity index (χ3v) is 17.6. The van der Waals surface area contributed by atoms with Crippen molar-refractivity contribution in [2.45, 2.75) is 154 Å². The number of Topliss-reactive ketones (excluding diaryl/α,β-unsaturated/α-hetero) is 5. The van der Waals surface area contributed by atoms with E-state index in [1.165, 1.54) is 26.1 Å². The van der Waals surface area contributed by atoms with E-state index in [-0.39, 0.29) is 113 Å². The Labute approximate surface area is 615 Å². The summed E-state index contributed by atoms with van der Waals surface area (Å²) in [6.45, 7) is 7.82. The van der Waals surface area contributed by atoms with Gasteiger partial charge in [0.25, 0.3) is 0 Å². The molecule has 0 saturated heterocycles. The number of aliphatic imine (C=N–C) groups is 2. The van der Waals surface area contributed by atoms with Crippen LogP contribution >= 0.6 is 0 Å². The number of fused-ring (bicyclic) bond motifs is 1. The fraction of sp³-hybridized carbons (Fsp3) is 0.539. The number of hydrogen-bond acceptors (Lipinski definition) is 19. The predicted octanol–water partition coefficient (Wildman–Crippen LogP) is 2.84. The molecule has 0 aromatic heterocycles. The summed E-state index contributed by atoms with van der Waals surface area (Å²) in [6.07, 6.45) is 0.397. The number of amides is 6. The van der Waals surface area contributed by atoms with Crippen molar-refractivity contribution in [2.75, 3.05) is 79.5 Å². The van der Waals surface area contributed by atoms with E-state index >= 15 is 14.4 Å². The van der Waals surface area contributed by atoms with Crippen molar-refractivity contribution in [1.82, 2.24) is 20.9 Å². The molecule has 4 aromatic rings. The Hall–Kier alpha value is -9.55. The van der Waals surface area contributed by atoms with Crippen molar-refractivity contribution in [3.05, 3.63) is 114 Å². The van der Waals surface area contributed by atoms with Crippen molar-refractivity contribution in [3.63, 3.8) is 0 Å². The summed E-state index contributed by atoms with van der Waals surface area (Å²) in [7, 11) is 1.37. The second-order valence-corrected chi connectivity index (χ2v) is 26.9.